The first-order valence-electron chi connectivity index (χ1n) is 6.36. The fourth-order valence-electron chi connectivity index (χ4n) is 2.12. The zero-order valence-electron chi connectivity index (χ0n) is 11.0. The molecule has 1 aromatic heterocycles. The van der Waals surface area contributed by atoms with Crippen molar-refractivity contribution in [3.63, 3.8) is 0 Å². The van der Waals surface area contributed by atoms with Gasteiger partial charge in [0.1, 0.15) is 0 Å². The highest BCUT2D eigenvalue weighted by atomic mass is 19.2. The van der Waals surface area contributed by atoms with Crippen molar-refractivity contribution in [1.82, 2.24) is 14.8 Å². The molecule has 6 heteroatoms. The highest BCUT2D eigenvalue weighted by Gasteiger charge is 2.15. The summed E-state index contributed by atoms with van der Waals surface area (Å²) in [7, 11) is 0. The van der Waals surface area contributed by atoms with Gasteiger partial charge >= 0.3 is 0 Å². The van der Waals surface area contributed by atoms with Crippen LogP contribution in [0.5, 0.6) is 0 Å². The second-order valence-electron chi connectivity index (χ2n) is 4.44. The van der Waals surface area contributed by atoms with Crippen LogP contribution in [-0.2, 0) is 6.54 Å². The van der Waals surface area contributed by atoms with E-state index in [4.69, 9.17) is 5.73 Å². The van der Waals surface area contributed by atoms with E-state index in [-0.39, 0.29) is 6.54 Å². The molecular weight excluding hydrogens is 274 g/mol. The Hall–Kier alpha value is -2.60. The molecule has 0 fully saturated rings. The van der Waals surface area contributed by atoms with Crippen LogP contribution in [0.4, 0.5) is 8.78 Å². The highest BCUT2D eigenvalue weighted by Crippen LogP contribution is 2.24. The van der Waals surface area contributed by atoms with Gasteiger partial charge in [0.25, 0.3) is 0 Å². The van der Waals surface area contributed by atoms with Gasteiger partial charge in [0.15, 0.2) is 23.3 Å². The Morgan fingerprint density at radius 2 is 1.71 bits per heavy atom. The molecule has 21 heavy (non-hydrogen) atoms. The van der Waals surface area contributed by atoms with Gasteiger partial charge in [-0.25, -0.2) is 8.78 Å². The van der Waals surface area contributed by atoms with E-state index in [0.29, 0.717) is 17.2 Å². The normalized spacial score (nSPS) is 10.8. The van der Waals surface area contributed by atoms with E-state index in [9.17, 15) is 8.78 Å². The highest BCUT2D eigenvalue weighted by molar-refractivity contribution is 5.58. The van der Waals surface area contributed by atoms with E-state index >= 15 is 0 Å². The third-order valence-corrected chi connectivity index (χ3v) is 3.10. The molecule has 3 aromatic rings. The maximum atomic E-state index is 13.4. The molecule has 2 aromatic carbocycles. The topological polar surface area (TPSA) is 56.7 Å². The van der Waals surface area contributed by atoms with Crippen LogP contribution >= 0.6 is 0 Å². The van der Waals surface area contributed by atoms with Crippen molar-refractivity contribution in [2.45, 2.75) is 6.54 Å². The molecule has 2 N–H and O–H groups in total. The molecule has 0 saturated heterocycles. The van der Waals surface area contributed by atoms with E-state index in [2.05, 4.69) is 10.2 Å². The number of nitrogens with zero attached hydrogens (tertiary/aromatic N) is 3. The average molecular weight is 286 g/mol. The van der Waals surface area contributed by atoms with Gasteiger partial charge in [-0.1, -0.05) is 18.2 Å². The largest absolute Gasteiger partial charge is 0.324 e. The van der Waals surface area contributed by atoms with Gasteiger partial charge in [-0.3, -0.25) is 4.57 Å². The molecule has 0 amide bonds. The molecule has 3 rings (SSSR count). The number of nitrogens with two attached hydrogens (primary N) is 1. The zero-order valence-corrected chi connectivity index (χ0v) is 11.0. The standard InChI is InChI=1S/C15H12F2N4/c16-12-7-6-10(8-13(12)17)15-20-19-14(9-18)21(15)11-4-2-1-3-5-11/h1-8H,9,18H2. The molecule has 0 aliphatic carbocycles. The van der Waals surface area contributed by atoms with Gasteiger partial charge < -0.3 is 5.73 Å². The van der Waals surface area contributed by atoms with Crippen LogP contribution in [-0.4, -0.2) is 14.8 Å². The second kappa shape index (κ2) is 5.41. The number of hydrogen-bond donors (Lipinski definition) is 1. The Kier molecular flexibility index (Phi) is 3.45. The van der Waals surface area contributed by atoms with Gasteiger partial charge in [0, 0.05) is 11.3 Å². The van der Waals surface area contributed by atoms with E-state index in [1.807, 2.05) is 30.3 Å². The Morgan fingerprint density at radius 1 is 0.952 bits per heavy atom. The first-order valence-corrected chi connectivity index (χ1v) is 6.36. The molecule has 106 valence electrons. The molecule has 0 bridgehead atoms. The number of hydrogen-bond acceptors (Lipinski definition) is 3. The summed E-state index contributed by atoms with van der Waals surface area (Å²) in [5.41, 5.74) is 6.92. The van der Waals surface area contributed by atoms with Crippen molar-refractivity contribution < 1.29 is 8.78 Å². The first-order chi connectivity index (χ1) is 10.2. The molecule has 0 aliphatic rings. The van der Waals surface area contributed by atoms with Crippen molar-refractivity contribution in [2.24, 2.45) is 5.73 Å². The summed E-state index contributed by atoms with van der Waals surface area (Å²) in [6.07, 6.45) is 0. The summed E-state index contributed by atoms with van der Waals surface area (Å²) in [4.78, 5) is 0. The second-order valence-corrected chi connectivity index (χ2v) is 4.44. The van der Waals surface area contributed by atoms with Gasteiger partial charge in [-0.15, -0.1) is 10.2 Å². The SMILES string of the molecule is NCc1nnc(-c2ccc(F)c(F)c2)n1-c1ccccc1. The lowest BCUT2D eigenvalue weighted by Crippen LogP contribution is -2.07. The van der Waals surface area contributed by atoms with Crippen molar-refractivity contribution in [3.8, 4) is 17.1 Å². The third-order valence-electron chi connectivity index (χ3n) is 3.10. The van der Waals surface area contributed by atoms with Crippen LogP contribution in [0.25, 0.3) is 17.1 Å². The molecule has 1 heterocycles. The number of rotatable bonds is 3. The van der Waals surface area contributed by atoms with E-state index in [0.717, 1.165) is 17.8 Å². The fourth-order valence-corrected chi connectivity index (χ4v) is 2.12. The van der Waals surface area contributed by atoms with Gasteiger partial charge in [0.2, 0.25) is 0 Å². The molecule has 4 nitrogen and oxygen atoms in total. The van der Waals surface area contributed by atoms with Crippen molar-refractivity contribution in [2.75, 3.05) is 0 Å². The maximum Gasteiger partial charge on any atom is 0.168 e. The molecule has 0 atom stereocenters. The molecular formula is C15H12F2N4. The number of para-hydroxylation sites is 1. The predicted octanol–water partition coefficient (Wildman–Crippen LogP) is 2.67. The monoisotopic (exact) mass is 286 g/mol. The van der Waals surface area contributed by atoms with Gasteiger partial charge in [-0.05, 0) is 30.3 Å². The summed E-state index contributed by atoms with van der Waals surface area (Å²) in [6.45, 7) is 0.186. The van der Waals surface area contributed by atoms with Crippen LogP contribution in [0.15, 0.2) is 48.5 Å². The maximum absolute atomic E-state index is 13.4. The van der Waals surface area contributed by atoms with E-state index < -0.39 is 11.6 Å². The Balaban J connectivity index is 2.20. The molecule has 0 aliphatic heterocycles. The first kappa shape index (κ1) is 13.4. The summed E-state index contributed by atoms with van der Waals surface area (Å²) in [5.74, 6) is -0.866. The summed E-state index contributed by atoms with van der Waals surface area (Å²) < 4.78 is 28.2. The van der Waals surface area contributed by atoms with Crippen LogP contribution in [0.2, 0.25) is 0 Å². The van der Waals surface area contributed by atoms with Gasteiger partial charge in [-0.2, -0.15) is 0 Å². The molecule has 0 spiro atoms. The number of halogens is 2. The van der Waals surface area contributed by atoms with E-state index in [1.54, 1.807) is 4.57 Å². The zero-order chi connectivity index (χ0) is 14.8. The summed E-state index contributed by atoms with van der Waals surface area (Å²) >= 11 is 0. The minimum absolute atomic E-state index is 0.186. The molecule has 0 saturated carbocycles. The minimum atomic E-state index is -0.926. The van der Waals surface area contributed by atoms with Crippen LogP contribution in [0.3, 0.4) is 0 Å². The molecule has 0 unspecified atom stereocenters. The van der Waals surface area contributed by atoms with Crippen LogP contribution < -0.4 is 5.73 Å². The van der Waals surface area contributed by atoms with Crippen molar-refractivity contribution >= 4 is 0 Å². The average Bonchev–Trinajstić information content (AvgIpc) is 2.95. The lowest BCUT2D eigenvalue weighted by Gasteiger charge is -2.09. The van der Waals surface area contributed by atoms with Crippen molar-refractivity contribution in [1.29, 1.82) is 0 Å². The Bertz CT molecular complexity index is 769. The molecule has 0 radical (unpaired) electrons. The quantitative estimate of drug-likeness (QED) is 0.805. The van der Waals surface area contributed by atoms with Crippen LogP contribution in [0.1, 0.15) is 5.82 Å². The van der Waals surface area contributed by atoms with Gasteiger partial charge in [0.05, 0.1) is 6.54 Å². The lowest BCUT2D eigenvalue weighted by molar-refractivity contribution is 0.509. The summed E-state index contributed by atoms with van der Waals surface area (Å²) in [6, 6.07) is 13.0. The fraction of sp³-hybridized carbons (Fsp3) is 0.0667. The lowest BCUT2D eigenvalue weighted by atomic mass is 10.2. The Morgan fingerprint density at radius 3 is 2.38 bits per heavy atom. The Labute approximate surface area is 119 Å². The third kappa shape index (κ3) is 2.41. The minimum Gasteiger partial charge on any atom is -0.324 e. The van der Waals surface area contributed by atoms with Crippen LogP contribution in [0, 0.1) is 11.6 Å². The number of aromatic nitrogens is 3. The number of benzene rings is 2. The van der Waals surface area contributed by atoms with Crippen molar-refractivity contribution in [3.05, 3.63) is 66.0 Å². The smallest absolute Gasteiger partial charge is 0.168 e. The predicted molar refractivity (Wildman–Crippen MR) is 74.6 cm³/mol. The van der Waals surface area contributed by atoms with E-state index in [1.165, 1.54) is 6.07 Å². The summed E-state index contributed by atoms with van der Waals surface area (Å²) in [5, 5.41) is 8.06.